The molecule has 28 heavy (non-hydrogen) atoms. The Labute approximate surface area is 164 Å². The Hall–Kier alpha value is -2.83. The van der Waals surface area contributed by atoms with E-state index in [4.69, 9.17) is 9.15 Å². The third kappa shape index (κ3) is 5.34. The van der Waals surface area contributed by atoms with Crippen molar-refractivity contribution in [3.05, 3.63) is 36.2 Å². The van der Waals surface area contributed by atoms with Crippen LogP contribution in [0.5, 0.6) is 0 Å². The minimum atomic E-state index is -0.557. The summed E-state index contributed by atoms with van der Waals surface area (Å²) in [5.41, 5.74) is 0.408. The Bertz CT molecular complexity index is 840. The van der Waals surface area contributed by atoms with Gasteiger partial charge in [-0.2, -0.15) is 0 Å². The number of carbonyl (C=O) groups excluding carboxylic acids is 2. The van der Waals surface area contributed by atoms with E-state index < -0.39 is 17.2 Å². The molecule has 0 unspecified atom stereocenters. The average molecular weight is 385 g/mol. The Kier molecular flexibility index (Phi) is 5.72. The molecule has 150 valence electrons. The average Bonchev–Trinajstić information content (AvgIpc) is 3.23. The molecule has 7 heteroatoms. The van der Waals surface area contributed by atoms with Crippen LogP contribution in [0.3, 0.4) is 0 Å². The van der Waals surface area contributed by atoms with Gasteiger partial charge in [0, 0.05) is 18.7 Å². The Morgan fingerprint density at radius 1 is 1.25 bits per heavy atom. The number of oxazole rings is 1. The highest BCUT2D eigenvalue weighted by Gasteiger charge is 2.35. The molecule has 1 fully saturated rings. The highest BCUT2D eigenvalue weighted by molar-refractivity contribution is 5.92. The molecule has 1 heterocycles. The molecule has 1 aliphatic rings. The topological polar surface area (TPSA) is 93.5 Å². The van der Waals surface area contributed by atoms with E-state index in [2.05, 4.69) is 15.6 Å². The van der Waals surface area contributed by atoms with Gasteiger partial charge in [-0.25, -0.2) is 9.78 Å². The second kappa shape index (κ2) is 8.04. The maximum Gasteiger partial charge on any atom is 0.407 e. The first kappa shape index (κ1) is 19.9. The number of nitrogens with zero attached hydrogens (tertiary/aromatic N) is 1. The molecule has 2 N–H and O–H groups in total. The van der Waals surface area contributed by atoms with Gasteiger partial charge in [0.1, 0.15) is 11.1 Å². The molecule has 0 spiro atoms. The zero-order chi connectivity index (χ0) is 20.2. The van der Waals surface area contributed by atoms with Crippen LogP contribution in [0.25, 0.3) is 17.2 Å². The molecule has 2 aromatic rings. The highest BCUT2D eigenvalue weighted by Crippen LogP contribution is 2.29. The lowest BCUT2D eigenvalue weighted by Crippen LogP contribution is -2.54. The Morgan fingerprint density at radius 2 is 1.96 bits per heavy atom. The Balaban J connectivity index is 1.59. The van der Waals surface area contributed by atoms with E-state index in [0.29, 0.717) is 18.0 Å². The first-order valence-electron chi connectivity index (χ1n) is 9.57. The van der Waals surface area contributed by atoms with Crippen molar-refractivity contribution in [1.82, 2.24) is 15.6 Å². The van der Waals surface area contributed by atoms with Crippen molar-refractivity contribution in [1.29, 1.82) is 0 Å². The van der Waals surface area contributed by atoms with Crippen LogP contribution < -0.4 is 10.6 Å². The molecule has 0 atom stereocenters. The van der Waals surface area contributed by atoms with Crippen LogP contribution in [-0.2, 0) is 9.53 Å². The summed E-state index contributed by atoms with van der Waals surface area (Å²) in [6, 6.07) is 7.43. The van der Waals surface area contributed by atoms with Gasteiger partial charge in [-0.3, -0.25) is 4.79 Å². The number of rotatable bonds is 5. The van der Waals surface area contributed by atoms with Crippen LogP contribution in [-0.4, -0.2) is 34.7 Å². The summed E-state index contributed by atoms with van der Waals surface area (Å²) in [4.78, 5) is 28.7. The number of benzene rings is 1. The smallest absolute Gasteiger partial charge is 0.407 e. The quantitative estimate of drug-likeness (QED) is 0.764. The Morgan fingerprint density at radius 3 is 2.64 bits per heavy atom. The van der Waals surface area contributed by atoms with E-state index in [9.17, 15) is 9.59 Å². The summed E-state index contributed by atoms with van der Waals surface area (Å²) < 4.78 is 10.9. The lowest BCUT2D eigenvalue weighted by Gasteiger charge is -2.30. The number of carbonyl (C=O) groups is 2. The molecular weight excluding hydrogens is 358 g/mol. The van der Waals surface area contributed by atoms with Gasteiger partial charge in [0.2, 0.25) is 11.8 Å². The van der Waals surface area contributed by atoms with E-state index in [1.165, 1.54) is 6.08 Å². The zero-order valence-corrected chi connectivity index (χ0v) is 16.6. The molecular formula is C21H27N3O4. The van der Waals surface area contributed by atoms with Crippen molar-refractivity contribution in [2.24, 2.45) is 0 Å². The second-order valence-electron chi connectivity index (χ2n) is 8.19. The van der Waals surface area contributed by atoms with Crippen LogP contribution in [0.15, 0.2) is 34.8 Å². The SMILES string of the molecule is CC(C)(C)OC(=O)NCC1(NC(=O)C=Cc2nc3ccccc3o2)CCCC1. The summed E-state index contributed by atoms with van der Waals surface area (Å²) in [6.07, 6.45) is 6.12. The van der Waals surface area contributed by atoms with Crippen molar-refractivity contribution in [3.63, 3.8) is 0 Å². The molecule has 1 aromatic heterocycles. The molecule has 3 rings (SSSR count). The van der Waals surface area contributed by atoms with E-state index >= 15 is 0 Å². The largest absolute Gasteiger partial charge is 0.444 e. The van der Waals surface area contributed by atoms with Gasteiger partial charge in [0.25, 0.3) is 0 Å². The number of ether oxygens (including phenoxy) is 1. The molecule has 2 amide bonds. The van der Waals surface area contributed by atoms with Gasteiger partial charge in [-0.05, 0) is 45.7 Å². The first-order valence-corrected chi connectivity index (χ1v) is 9.57. The van der Waals surface area contributed by atoms with Crippen LogP contribution in [0.1, 0.15) is 52.3 Å². The second-order valence-corrected chi connectivity index (χ2v) is 8.19. The molecule has 0 saturated heterocycles. The summed E-state index contributed by atoms with van der Waals surface area (Å²) in [5.74, 6) is 0.138. The van der Waals surface area contributed by atoms with Crippen LogP contribution in [0.4, 0.5) is 4.79 Å². The van der Waals surface area contributed by atoms with Gasteiger partial charge in [-0.1, -0.05) is 25.0 Å². The summed E-state index contributed by atoms with van der Waals surface area (Å²) in [5, 5.41) is 5.84. The number of para-hydroxylation sites is 2. The van der Waals surface area contributed by atoms with E-state index in [1.54, 1.807) is 6.08 Å². The fourth-order valence-corrected chi connectivity index (χ4v) is 3.36. The molecule has 1 saturated carbocycles. The van der Waals surface area contributed by atoms with E-state index in [0.717, 1.165) is 31.2 Å². The summed E-state index contributed by atoms with van der Waals surface area (Å²) in [7, 11) is 0. The normalized spacial score (nSPS) is 16.4. The monoisotopic (exact) mass is 385 g/mol. The highest BCUT2D eigenvalue weighted by atomic mass is 16.6. The number of hydrogen-bond donors (Lipinski definition) is 2. The van der Waals surface area contributed by atoms with E-state index in [1.807, 2.05) is 45.0 Å². The van der Waals surface area contributed by atoms with Gasteiger partial charge in [-0.15, -0.1) is 0 Å². The van der Waals surface area contributed by atoms with E-state index in [-0.39, 0.29) is 5.91 Å². The van der Waals surface area contributed by atoms with Crippen molar-refractivity contribution in [2.45, 2.75) is 57.6 Å². The summed E-state index contributed by atoms with van der Waals surface area (Å²) in [6.45, 7) is 5.79. The minimum absolute atomic E-state index is 0.241. The third-order valence-electron chi connectivity index (χ3n) is 4.61. The molecule has 1 aromatic carbocycles. The maximum absolute atomic E-state index is 12.5. The number of alkyl carbamates (subject to hydrolysis) is 1. The van der Waals surface area contributed by atoms with Gasteiger partial charge < -0.3 is 19.8 Å². The zero-order valence-electron chi connectivity index (χ0n) is 16.6. The van der Waals surface area contributed by atoms with Crippen molar-refractivity contribution >= 4 is 29.2 Å². The lowest BCUT2D eigenvalue weighted by molar-refractivity contribution is -0.118. The van der Waals surface area contributed by atoms with Gasteiger partial charge in [0.15, 0.2) is 5.58 Å². The molecule has 0 bridgehead atoms. The van der Waals surface area contributed by atoms with Crippen LogP contribution in [0.2, 0.25) is 0 Å². The van der Waals surface area contributed by atoms with Crippen molar-refractivity contribution < 1.29 is 18.7 Å². The molecule has 0 radical (unpaired) electrons. The molecule has 7 nitrogen and oxygen atoms in total. The third-order valence-corrected chi connectivity index (χ3v) is 4.61. The van der Waals surface area contributed by atoms with Crippen molar-refractivity contribution in [3.8, 4) is 0 Å². The van der Waals surface area contributed by atoms with Crippen molar-refractivity contribution in [2.75, 3.05) is 6.54 Å². The first-order chi connectivity index (χ1) is 13.2. The van der Waals surface area contributed by atoms with Gasteiger partial charge >= 0.3 is 6.09 Å². The number of nitrogens with one attached hydrogen (secondary N) is 2. The molecule has 1 aliphatic carbocycles. The standard InChI is InChI=1S/C21H27N3O4/c1-20(2,3)28-19(26)22-14-21(12-6-7-13-21)24-17(25)10-11-18-23-15-8-4-5-9-16(15)27-18/h4-5,8-11H,6-7,12-14H2,1-3H3,(H,22,26)(H,24,25). The summed E-state index contributed by atoms with van der Waals surface area (Å²) >= 11 is 0. The fourth-order valence-electron chi connectivity index (χ4n) is 3.36. The number of aromatic nitrogens is 1. The van der Waals surface area contributed by atoms with Crippen LogP contribution in [0, 0.1) is 0 Å². The number of fused-ring (bicyclic) bond motifs is 1. The predicted molar refractivity (Wildman–Crippen MR) is 107 cm³/mol. The number of hydrogen-bond acceptors (Lipinski definition) is 5. The molecule has 0 aliphatic heterocycles. The predicted octanol–water partition coefficient (Wildman–Crippen LogP) is 3.79. The van der Waals surface area contributed by atoms with Crippen LogP contribution >= 0.6 is 0 Å². The maximum atomic E-state index is 12.5. The lowest BCUT2D eigenvalue weighted by atomic mass is 9.97. The number of amides is 2. The van der Waals surface area contributed by atoms with Gasteiger partial charge in [0.05, 0.1) is 5.54 Å². The minimum Gasteiger partial charge on any atom is -0.444 e. The fraction of sp³-hybridized carbons (Fsp3) is 0.476.